The van der Waals surface area contributed by atoms with Gasteiger partial charge in [-0.05, 0) is 55.2 Å². The number of benzene rings is 1. The highest BCUT2D eigenvalue weighted by Crippen LogP contribution is 2.38. The Morgan fingerprint density at radius 2 is 1.94 bits per heavy atom. The molecule has 1 atom stereocenters. The van der Waals surface area contributed by atoms with E-state index in [9.17, 15) is 9.59 Å². The smallest absolute Gasteiger partial charge is 0.242 e. The van der Waals surface area contributed by atoms with Crippen LogP contribution in [0.4, 0.5) is 0 Å². The maximum Gasteiger partial charge on any atom is 0.242 e. The second-order valence-corrected chi connectivity index (χ2v) is 9.74. The first-order chi connectivity index (χ1) is 15.7. The van der Waals surface area contributed by atoms with E-state index in [1.165, 1.54) is 10.4 Å². The van der Waals surface area contributed by atoms with Gasteiger partial charge in [-0.3, -0.25) is 9.59 Å². The number of thiophene rings is 1. The van der Waals surface area contributed by atoms with Crippen LogP contribution in [0.3, 0.4) is 0 Å². The molecule has 0 spiro atoms. The predicted molar refractivity (Wildman–Crippen MR) is 128 cm³/mol. The van der Waals surface area contributed by atoms with Gasteiger partial charge in [-0.15, -0.1) is 11.3 Å². The fourth-order valence-corrected chi connectivity index (χ4v) is 5.94. The van der Waals surface area contributed by atoms with Crippen molar-refractivity contribution < 1.29 is 14.3 Å². The summed E-state index contributed by atoms with van der Waals surface area (Å²) in [5.74, 6) is 0.264. The molecule has 1 unspecified atom stereocenters. The van der Waals surface area contributed by atoms with Crippen LogP contribution in [0.25, 0.3) is 0 Å². The van der Waals surface area contributed by atoms with E-state index in [-0.39, 0.29) is 30.3 Å². The molecule has 1 saturated carbocycles. The lowest BCUT2D eigenvalue weighted by Gasteiger charge is -2.38. The van der Waals surface area contributed by atoms with E-state index < -0.39 is 0 Å². The van der Waals surface area contributed by atoms with E-state index in [1.807, 2.05) is 34.9 Å². The number of hydrogen-bond donors (Lipinski definition) is 0. The zero-order valence-electron chi connectivity index (χ0n) is 19.0. The molecule has 32 heavy (non-hydrogen) atoms. The van der Waals surface area contributed by atoms with Crippen LogP contribution in [0.15, 0.2) is 41.8 Å². The van der Waals surface area contributed by atoms with Crippen LogP contribution in [0.1, 0.15) is 61.1 Å². The van der Waals surface area contributed by atoms with Gasteiger partial charge in [-0.2, -0.15) is 0 Å². The number of hydrogen-bond acceptors (Lipinski definition) is 4. The third-order valence-electron chi connectivity index (χ3n) is 6.66. The molecule has 5 nitrogen and oxygen atoms in total. The van der Waals surface area contributed by atoms with Crippen LogP contribution in [0, 0.1) is 5.92 Å². The molecule has 0 radical (unpaired) electrons. The van der Waals surface area contributed by atoms with Crippen LogP contribution in [0.2, 0.25) is 0 Å². The summed E-state index contributed by atoms with van der Waals surface area (Å²) in [6, 6.07) is 12.3. The minimum absolute atomic E-state index is 0.0402. The van der Waals surface area contributed by atoms with Crippen LogP contribution < -0.4 is 0 Å². The SMILES string of the molecule is CCOCCCN(CC(=O)N1CCc2sccc2C1c1ccccc1)C(=O)C1CCCC1. The Morgan fingerprint density at radius 1 is 1.16 bits per heavy atom. The van der Waals surface area contributed by atoms with Gasteiger partial charge < -0.3 is 14.5 Å². The fourth-order valence-electron chi connectivity index (χ4n) is 5.03. The van der Waals surface area contributed by atoms with E-state index in [2.05, 4.69) is 23.6 Å². The average molecular weight is 455 g/mol. The van der Waals surface area contributed by atoms with E-state index in [0.29, 0.717) is 26.3 Å². The lowest BCUT2D eigenvalue weighted by molar-refractivity contribution is -0.144. The van der Waals surface area contributed by atoms with E-state index >= 15 is 0 Å². The molecule has 6 heteroatoms. The normalized spacial score (nSPS) is 18.5. The van der Waals surface area contributed by atoms with Crippen molar-refractivity contribution in [1.29, 1.82) is 0 Å². The van der Waals surface area contributed by atoms with Gasteiger partial charge in [0.15, 0.2) is 0 Å². The molecule has 0 saturated heterocycles. The standard InChI is InChI=1S/C26H34N2O3S/c1-2-31-17-8-15-27(26(30)21-11-6-7-12-21)19-24(29)28-16-13-23-22(14-18-32-23)25(28)20-9-4-3-5-10-20/h3-5,9-10,14,18,21,25H,2,6-8,11-13,15-17,19H2,1H3. The summed E-state index contributed by atoms with van der Waals surface area (Å²) in [6.45, 7) is 4.69. The molecule has 2 heterocycles. The van der Waals surface area contributed by atoms with Crippen LogP contribution in [-0.2, 0) is 20.7 Å². The minimum Gasteiger partial charge on any atom is -0.382 e. The Balaban J connectivity index is 1.52. The van der Waals surface area contributed by atoms with Crippen molar-refractivity contribution >= 4 is 23.2 Å². The molecule has 2 aromatic rings. The van der Waals surface area contributed by atoms with Gasteiger partial charge in [-0.1, -0.05) is 43.2 Å². The number of nitrogens with zero attached hydrogens (tertiary/aromatic N) is 2. The van der Waals surface area contributed by atoms with E-state index in [4.69, 9.17) is 4.74 Å². The Hall–Kier alpha value is -2.18. The highest BCUT2D eigenvalue weighted by molar-refractivity contribution is 7.10. The number of fused-ring (bicyclic) bond motifs is 1. The molecule has 2 amide bonds. The van der Waals surface area contributed by atoms with Gasteiger partial charge >= 0.3 is 0 Å². The topological polar surface area (TPSA) is 49.9 Å². The zero-order valence-corrected chi connectivity index (χ0v) is 19.8. The van der Waals surface area contributed by atoms with Gasteiger partial charge in [0.05, 0.1) is 12.6 Å². The third-order valence-corrected chi connectivity index (χ3v) is 7.66. The Bertz CT molecular complexity index is 891. The van der Waals surface area contributed by atoms with Gasteiger partial charge in [0.2, 0.25) is 11.8 Å². The summed E-state index contributed by atoms with van der Waals surface area (Å²) >= 11 is 1.77. The second kappa shape index (κ2) is 11.1. The first-order valence-corrected chi connectivity index (χ1v) is 12.8. The molecule has 0 bridgehead atoms. The third kappa shape index (κ3) is 5.24. The van der Waals surface area contributed by atoms with Crippen molar-refractivity contribution in [3.05, 3.63) is 57.8 Å². The number of carbonyl (C=O) groups is 2. The lowest BCUT2D eigenvalue weighted by atomic mass is 9.93. The maximum absolute atomic E-state index is 13.6. The Labute approximate surface area is 195 Å². The quantitative estimate of drug-likeness (QED) is 0.518. The molecule has 1 aliphatic heterocycles. The van der Waals surface area contributed by atoms with Gasteiger partial charge in [0.1, 0.15) is 0 Å². The van der Waals surface area contributed by atoms with Crippen molar-refractivity contribution in [3.8, 4) is 0 Å². The molecule has 4 rings (SSSR count). The van der Waals surface area contributed by atoms with Crippen LogP contribution >= 0.6 is 11.3 Å². The first kappa shape index (κ1) is 23.0. The van der Waals surface area contributed by atoms with Crippen LogP contribution in [-0.4, -0.2) is 54.5 Å². The van der Waals surface area contributed by atoms with Gasteiger partial charge in [-0.25, -0.2) is 0 Å². The van der Waals surface area contributed by atoms with Crippen molar-refractivity contribution in [3.63, 3.8) is 0 Å². The molecule has 1 fully saturated rings. The summed E-state index contributed by atoms with van der Waals surface area (Å²) in [5.41, 5.74) is 2.36. The summed E-state index contributed by atoms with van der Waals surface area (Å²) in [5, 5.41) is 2.12. The molecule has 2 aliphatic rings. The molecule has 1 aromatic heterocycles. The maximum atomic E-state index is 13.6. The van der Waals surface area contributed by atoms with Gasteiger partial charge in [0.25, 0.3) is 0 Å². The summed E-state index contributed by atoms with van der Waals surface area (Å²) < 4.78 is 5.48. The van der Waals surface area contributed by atoms with Crippen molar-refractivity contribution in [1.82, 2.24) is 9.80 Å². The minimum atomic E-state index is -0.0782. The molecule has 1 aliphatic carbocycles. The summed E-state index contributed by atoms with van der Waals surface area (Å²) in [7, 11) is 0. The molecule has 0 N–H and O–H groups in total. The highest BCUT2D eigenvalue weighted by Gasteiger charge is 2.35. The number of rotatable bonds is 9. The summed E-state index contributed by atoms with van der Waals surface area (Å²) in [4.78, 5) is 32.0. The highest BCUT2D eigenvalue weighted by atomic mass is 32.1. The predicted octanol–water partition coefficient (Wildman–Crippen LogP) is 4.67. The monoisotopic (exact) mass is 454 g/mol. The fraction of sp³-hybridized carbons (Fsp3) is 0.538. The first-order valence-electron chi connectivity index (χ1n) is 12.0. The Kier molecular flexibility index (Phi) is 7.98. The van der Waals surface area contributed by atoms with E-state index in [0.717, 1.165) is 44.1 Å². The molecular formula is C26H34N2O3S. The number of ether oxygens (including phenoxy) is 1. The number of amides is 2. The zero-order chi connectivity index (χ0) is 22.3. The molecule has 1 aromatic carbocycles. The number of carbonyl (C=O) groups excluding carboxylic acids is 2. The lowest BCUT2D eigenvalue weighted by Crippen LogP contribution is -2.48. The Morgan fingerprint density at radius 3 is 2.69 bits per heavy atom. The largest absolute Gasteiger partial charge is 0.382 e. The van der Waals surface area contributed by atoms with Crippen molar-refractivity contribution in [2.75, 3.05) is 32.8 Å². The van der Waals surface area contributed by atoms with Gasteiger partial charge in [0, 0.05) is 37.1 Å². The average Bonchev–Trinajstić information content (AvgIpc) is 3.52. The molecule has 172 valence electrons. The summed E-state index contributed by atoms with van der Waals surface area (Å²) in [6.07, 6.45) is 5.76. The second-order valence-electron chi connectivity index (χ2n) is 8.74. The van der Waals surface area contributed by atoms with Crippen molar-refractivity contribution in [2.24, 2.45) is 5.92 Å². The van der Waals surface area contributed by atoms with Crippen molar-refractivity contribution in [2.45, 2.75) is 51.5 Å². The van der Waals surface area contributed by atoms with Crippen LogP contribution in [0.5, 0.6) is 0 Å². The molecular weight excluding hydrogens is 420 g/mol. The van der Waals surface area contributed by atoms with E-state index in [1.54, 1.807) is 11.3 Å².